The van der Waals surface area contributed by atoms with Gasteiger partial charge < -0.3 is 5.32 Å². The van der Waals surface area contributed by atoms with Crippen molar-refractivity contribution >= 4 is 39.9 Å². The second kappa shape index (κ2) is 6.74. The van der Waals surface area contributed by atoms with E-state index in [9.17, 15) is 14.9 Å². The number of rotatable bonds is 4. The van der Waals surface area contributed by atoms with E-state index in [-0.39, 0.29) is 16.9 Å². The van der Waals surface area contributed by atoms with Crippen molar-refractivity contribution in [1.82, 2.24) is 14.8 Å². The van der Waals surface area contributed by atoms with Crippen LogP contribution in [0.2, 0.25) is 0 Å². The largest absolute Gasteiger partial charge is 0.322 e. The number of nitro groups is 1. The molecule has 9 heteroatoms. The average molecular weight is 435 g/mol. The summed E-state index contributed by atoms with van der Waals surface area (Å²) in [5.41, 5.74) is 0.812. The first-order valence-corrected chi connectivity index (χ1v) is 7.83. The molecule has 0 bridgehead atoms. The molecule has 0 saturated carbocycles. The van der Waals surface area contributed by atoms with Crippen molar-refractivity contribution in [1.29, 1.82) is 0 Å². The van der Waals surface area contributed by atoms with Crippen LogP contribution >= 0.6 is 22.6 Å². The van der Waals surface area contributed by atoms with E-state index in [1.807, 2.05) is 12.1 Å². The van der Waals surface area contributed by atoms with Gasteiger partial charge in [-0.05, 0) is 59.0 Å². The lowest BCUT2D eigenvalue weighted by molar-refractivity contribution is -0.384. The second-order valence-corrected chi connectivity index (χ2v) is 6.01. The number of nitrogens with one attached hydrogen (secondary N) is 1. The zero-order chi connectivity index (χ0) is 17.1. The van der Waals surface area contributed by atoms with Crippen LogP contribution in [-0.4, -0.2) is 25.6 Å². The van der Waals surface area contributed by atoms with Crippen LogP contribution in [0, 0.1) is 13.7 Å². The molecule has 0 aliphatic carbocycles. The van der Waals surface area contributed by atoms with Crippen molar-refractivity contribution in [3.63, 3.8) is 0 Å². The lowest BCUT2D eigenvalue weighted by atomic mass is 10.1. The predicted molar refractivity (Wildman–Crippen MR) is 95.1 cm³/mol. The molecule has 0 fully saturated rings. The highest BCUT2D eigenvalue weighted by molar-refractivity contribution is 14.1. The van der Waals surface area contributed by atoms with Gasteiger partial charge in [0.25, 0.3) is 11.6 Å². The highest BCUT2D eigenvalue weighted by Gasteiger charge is 2.19. The van der Waals surface area contributed by atoms with Gasteiger partial charge >= 0.3 is 0 Å². The van der Waals surface area contributed by atoms with Crippen molar-refractivity contribution < 1.29 is 9.72 Å². The number of hydrogen-bond acceptors (Lipinski definition) is 5. The Balaban J connectivity index is 1.91. The van der Waals surface area contributed by atoms with Crippen molar-refractivity contribution in [3.8, 4) is 5.69 Å². The third-order valence-corrected chi connectivity index (χ3v) is 3.92. The Bertz CT molecular complexity index is 894. The average Bonchev–Trinajstić information content (AvgIpc) is 3.10. The van der Waals surface area contributed by atoms with E-state index >= 15 is 0 Å². The van der Waals surface area contributed by atoms with Crippen LogP contribution in [0.25, 0.3) is 5.69 Å². The van der Waals surface area contributed by atoms with Crippen LogP contribution in [0.4, 0.5) is 11.4 Å². The fourth-order valence-corrected chi connectivity index (χ4v) is 2.43. The zero-order valence-electron chi connectivity index (χ0n) is 12.1. The Morgan fingerprint density at radius 2 is 1.96 bits per heavy atom. The van der Waals surface area contributed by atoms with E-state index in [1.165, 1.54) is 35.5 Å². The SMILES string of the molecule is O=C(Nc1ccc(I)cc1)c1ccc(-n2cncn2)c([N+](=O)[O-])c1. The third-order valence-electron chi connectivity index (χ3n) is 3.20. The van der Waals surface area contributed by atoms with Gasteiger partial charge in [-0.15, -0.1) is 0 Å². The number of aromatic nitrogens is 3. The quantitative estimate of drug-likeness (QED) is 0.386. The molecule has 0 saturated heterocycles. The first-order chi connectivity index (χ1) is 11.5. The predicted octanol–water partition coefficient (Wildman–Crippen LogP) is 3.03. The highest BCUT2D eigenvalue weighted by Crippen LogP contribution is 2.24. The number of halogens is 1. The Morgan fingerprint density at radius 3 is 2.58 bits per heavy atom. The Kier molecular flexibility index (Phi) is 4.51. The Hall–Kier alpha value is -2.82. The van der Waals surface area contributed by atoms with Crippen molar-refractivity contribution in [2.75, 3.05) is 5.32 Å². The normalized spacial score (nSPS) is 10.4. The fraction of sp³-hybridized carbons (Fsp3) is 0. The van der Waals surface area contributed by atoms with E-state index in [1.54, 1.807) is 12.1 Å². The molecule has 120 valence electrons. The van der Waals surface area contributed by atoms with Crippen LogP contribution in [0.5, 0.6) is 0 Å². The summed E-state index contributed by atoms with van der Waals surface area (Å²) in [7, 11) is 0. The number of nitrogens with zero attached hydrogens (tertiary/aromatic N) is 4. The van der Waals surface area contributed by atoms with E-state index in [2.05, 4.69) is 38.0 Å². The molecule has 1 heterocycles. The van der Waals surface area contributed by atoms with Gasteiger partial charge in [-0.25, -0.2) is 9.67 Å². The monoisotopic (exact) mass is 435 g/mol. The molecule has 1 N–H and O–H groups in total. The van der Waals surface area contributed by atoms with Crippen molar-refractivity contribution in [2.24, 2.45) is 0 Å². The molecular formula is C15H10IN5O3. The summed E-state index contributed by atoms with van der Waals surface area (Å²) >= 11 is 2.16. The van der Waals surface area contributed by atoms with Gasteiger partial charge in [0, 0.05) is 20.9 Å². The van der Waals surface area contributed by atoms with Crippen LogP contribution < -0.4 is 5.32 Å². The molecular weight excluding hydrogens is 425 g/mol. The third kappa shape index (κ3) is 3.40. The minimum atomic E-state index is -0.557. The molecule has 24 heavy (non-hydrogen) atoms. The zero-order valence-corrected chi connectivity index (χ0v) is 14.2. The lowest BCUT2D eigenvalue weighted by Crippen LogP contribution is -2.13. The summed E-state index contributed by atoms with van der Waals surface area (Å²) in [6, 6.07) is 11.4. The molecule has 0 aliphatic heterocycles. The first kappa shape index (κ1) is 16.1. The number of hydrogen-bond donors (Lipinski definition) is 1. The molecule has 3 aromatic rings. The molecule has 1 aromatic heterocycles. The topological polar surface area (TPSA) is 103 Å². The molecule has 0 spiro atoms. The Morgan fingerprint density at radius 1 is 1.21 bits per heavy atom. The van der Waals surface area contributed by atoms with Crippen LogP contribution in [0.1, 0.15) is 10.4 Å². The maximum absolute atomic E-state index is 12.3. The highest BCUT2D eigenvalue weighted by atomic mass is 127. The van der Waals surface area contributed by atoms with E-state index in [0.717, 1.165) is 3.57 Å². The number of anilines is 1. The van der Waals surface area contributed by atoms with E-state index in [0.29, 0.717) is 5.69 Å². The summed E-state index contributed by atoms with van der Waals surface area (Å²) in [4.78, 5) is 26.8. The number of amides is 1. The van der Waals surface area contributed by atoms with Crippen LogP contribution in [0.3, 0.4) is 0 Å². The van der Waals surface area contributed by atoms with Gasteiger partial charge in [0.15, 0.2) is 0 Å². The standard InChI is InChI=1S/C15H10IN5O3/c16-11-2-4-12(5-3-11)19-15(22)10-1-6-13(14(7-10)21(23)24)20-9-17-8-18-20/h1-9H,(H,19,22). The minimum absolute atomic E-state index is 0.184. The fourth-order valence-electron chi connectivity index (χ4n) is 2.07. The summed E-state index contributed by atoms with van der Waals surface area (Å²) in [6.07, 6.45) is 2.63. The summed E-state index contributed by atoms with van der Waals surface area (Å²) in [5.74, 6) is -0.426. The number of carbonyl (C=O) groups excluding carboxylic acids is 1. The van der Waals surface area contributed by atoms with Crippen LogP contribution in [-0.2, 0) is 0 Å². The summed E-state index contributed by atoms with van der Waals surface area (Å²) in [5, 5.41) is 17.9. The van der Waals surface area contributed by atoms with Gasteiger partial charge in [-0.1, -0.05) is 0 Å². The maximum Gasteiger partial charge on any atom is 0.295 e. The van der Waals surface area contributed by atoms with E-state index < -0.39 is 10.8 Å². The molecule has 3 rings (SSSR count). The van der Waals surface area contributed by atoms with E-state index in [4.69, 9.17) is 0 Å². The molecule has 0 aliphatic rings. The van der Waals surface area contributed by atoms with Crippen LogP contribution in [0.15, 0.2) is 55.1 Å². The summed E-state index contributed by atoms with van der Waals surface area (Å²) in [6.45, 7) is 0. The number of carbonyl (C=O) groups is 1. The maximum atomic E-state index is 12.3. The second-order valence-electron chi connectivity index (χ2n) is 4.76. The summed E-state index contributed by atoms with van der Waals surface area (Å²) < 4.78 is 2.32. The minimum Gasteiger partial charge on any atom is -0.322 e. The van der Waals surface area contributed by atoms with Gasteiger partial charge in [-0.2, -0.15) is 5.10 Å². The Labute approximate surface area is 149 Å². The molecule has 0 atom stereocenters. The van der Waals surface area contributed by atoms with Crippen molar-refractivity contribution in [3.05, 3.63) is 74.4 Å². The van der Waals surface area contributed by atoms with Gasteiger partial charge in [0.05, 0.1) is 4.92 Å². The lowest BCUT2D eigenvalue weighted by Gasteiger charge is -2.07. The first-order valence-electron chi connectivity index (χ1n) is 6.75. The molecule has 8 nitrogen and oxygen atoms in total. The number of benzene rings is 2. The van der Waals surface area contributed by atoms with Gasteiger partial charge in [0.1, 0.15) is 18.3 Å². The van der Waals surface area contributed by atoms with Gasteiger partial charge in [0.2, 0.25) is 0 Å². The molecule has 1 amide bonds. The molecule has 0 radical (unpaired) electrons. The smallest absolute Gasteiger partial charge is 0.295 e. The number of nitro benzene ring substituents is 1. The van der Waals surface area contributed by atoms with Gasteiger partial charge in [-0.3, -0.25) is 14.9 Å². The van der Waals surface area contributed by atoms with Crippen molar-refractivity contribution in [2.45, 2.75) is 0 Å². The molecule has 2 aromatic carbocycles. The molecule has 0 unspecified atom stereocenters.